The third-order valence-corrected chi connectivity index (χ3v) is 6.20. The van der Waals surface area contributed by atoms with E-state index in [0.29, 0.717) is 0 Å². The van der Waals surface area contributed by atoms with E-state index in [0.717, 1.165) is 23.8 Å². The number of aromatic nitrogens is 3. The normalized spacial score (nSPS) is 42.5. The topological polar surface area (TPSA) is 30.7 Å². The molecule has 0 amide bonds. The highest BCUT2D eigenvalue weighted by Gasteiger charge is 2.58. The number of halogens is 1. The Hall–Kier alpha value is -1.09. The highest BCUT2D eigenvalue weighted by Crippen LogP contribution is 2.62. The molecule has 6 rings (SSSR count). The second kappa shape index (κ2) is 3.56. The van der Waals surface area contributed by atoms with E-state index in [1.165, 1.54) is 37.6 Å². The van der Waals surface area contributed by atoms with Crippen molar-refractivity contribution in [3.05, 3.63) is 24.3 Å². The molecule has 104 valence electrons. The number of para-hydroxylation sites is 1. The summed E-state index contributed by atoms with van der Waals surface area (Å²) in [5.74, 6) is 1.58. The molecule has 4 saturated carbocycles. The lowest BCUT2D eigenvalue weighted by atomic mass is 9.52. The van der Waals surface area contributed by atoms with Crippen molar-refractivity contribution in [2.75, 3.05) is 0 Å². The average Bonchev–Trinajstić information content (AvgIpc) is 2.80. The molecule has 2 aromatic rings. The summed E-state index contributed by atoms with van der Waals surface area (Å²) in [6.07, 6.45) is 7.35. The van der Waals surface area contributed by atoms with E-state index in [1.54, 1.807) is 0 Å². The molecule has 0 radical (unpaired) electrons. The Kier molecular flexibility index (Phi) is 2.06. The number of fused-ring (bicyclic) bond motifs is 1. The Morgan fingerprint density at radius 2 is 1.85 bits per heavy atom. The lowest BCUT2D eigenvalue weighted by molar-refractivity contribution is -0.0356. The van der Waals surface area contributed by atoms with E-state index in [-0.39, 0.29) is 10.4 Å². The van der Waals surface area contributed by atoms with Gasteiger partial charge in [0, 0.05) is 4.87 Å². The van der Waals surface area contributed by atoms with Crippen molar-refractivity contribution in [3.63, 3.8) is 0 Å². The van der Waals surface area contributed by atoms with Crippen molar-refractivity contribution in [2.24, 2.45) is 11.8 Å². The fourth-order valence-corrected chi connectivity index (χ4v) is 6.26. The standard InChI is InChI=1S/C16H18ClN3/c17-15-6-11-5-12(7-15)9-16(8-11,10-15)20-14-4-2-1-3-13(14)18-19-20/h1-4,11-12H,5-10H2/t11-,12-,15?,16?/m0/s1. The summed E-state index contributed by atoms with van der Waals surface area (Å²) in [5, 5.41) is 8.89. The minimum absolute atomic E-state index is 0.0249. The van der Waals surface area contributed by atoms with Gasteiger partial charge in [-0.2, -0.15) is 0 Å². The van der Waals surface area contributed by atoms with Crippen LogP contribution in [0.1, 0.15) is 38.5 Å². The van der Waals surface area contributed by atoms with Gasteiger partial charge in [-0.25, -0.2) is 4.68 Å². The smallest absolute Gasteiger partial charge is 0.113 e. The Bertz CT molecular complexity index is 678. The maximum absolute atomic E-state index is 6.93. The van der Waals surface area contributed by atoms with Gasteiger partial charge in [0.25, 0.3) is 0 Å². The van der Waals surface area contributed by atoms with Crippen LogP contribution in [0.4, 0.5) is 0 Å². The van der Waals surface area contributed by atoms with Crippen LogP contribution < -0.4 is 0 Å². The molecular formula is C16H18ClN3. The summed E-state index contributed by atoms with van der Waals surface area (Å²) < 4.78 is 2.22. The maximum atomic E-state index is 6.93. The van der Waals surface area contributed by atoms with E-state index in [9.17, 15) is 0 Å². The van der Waals surface area contributed by atoms with Gasteiger partial charge in [0.1, 0.15) is 5.52 Å². The van der Waals surface area contributed by atoms with E-state index in [2.05, 4.69) is 33.2 Å². The largest absolute Gasteiger partial charge is 0.238 e. The molecule has 0 N–H and O–H groups in total. The molecule has 1 heterocycles. The highest BCUT2D eigenvalue weighted by molar-refractivity contribution is 6.24. The predicted molar refractivity (Wildman–Crippen MR) is 78.8 cm³/mol. The van der Waals surface area contributed by atoms with Crippen molar-refractivity contribution in [2.45, 2.75) is 48.9 Å². The third kappa shape index (κ3) is 1.42. The summed E-state index contributed by atoms with van der Waals surface area (Å²) in [5.41, 5.74) is 2.31. The summed E-state index contributed by atoms with van der Waals surface area (Å²) in [7, 11) is 0. The number of nitrogens with zero attached hydrogens (tertiary/aromatic N) is 3. The molecule has 0 unspecified atom stereocenters. The molecule has 0 spiro atoms. The molecular weight excluding hydrogens is 270 g/mol. The van der Waals surface area contributed by atoms with Gasteiger partial charge in [0.05, 0.1) is 11.1 Å². The monoisotopic (exact) mass is 287 g/mol. The zero-order valence-corrected chi connectivity index (χ0v) is 12.2. The molecule has 2 atom stereocenters. The van der Waals surface area contributed by atoms with Crippen LogP contribution in [0.15, 0.2) is 24.3 Å². The molecule has 4 aliphatic carbocycles. The molecule has 0 saturated heterocycles. The van der Waals surface area contributed by atoms with Crippen molar-refractivity contribution in [3.8, 4) is 0 Å². The van der Waals surface area contributed by atoms with E-state index in [1.807, 2.05) is 6.07 Å². The fourth-order valence-electron chi connectivity index (χ4n) is 5.57. The van der Waals surface area contributed by atoms with Gasteiger partial charge in [0.15, 0.2) is 0 Å². The summed E-state index contributed by atoms with van der Waals surface area (Å²) in [4.78, 5) is 0.0249. The first-order valence-electron chi connectivity index (χ1n) is 7.66. The maximum Gasteiger partial charge on any atom is 0.113 e. The Morgan fingerprint density at radius 1 is 1.10 bits per heavy atom. The van der Waals surface area contributed by atoms with Crippen LogP contribution in [0, 0.1) is 11.8 Å². The van der Waals surface area contributed by atoms with Gasteiger partial charge in [-0.3, -0.25) is 0 Å². The Balaban J connectivity index is 1.70. The van der Waals surface area contributed by atoms with E-state index in [4.69, 9.17) is 11.6 Å². The minimum Gasteiger partial charge on any atom is -0.238 e. The fraction of sp³-hybridized carbons (Fsp3) is 0.625. The molecule has 1 aromatic carbocycles. The number of rotatable bonds is 1. The van der Waals surface area contributed by atoms with Crippen LogP contribution >= 0.6 is 11.6 Å². The van der Waals surface area contributed by atoms with Gasteiger partial charge in [-0.1, -0.05) is 17.3 Å². The van der Waals surface area contributed by atoms with Gasteiger partial charge in [-0.05, 0) is 62.5 Å². The zero-order valence-electron chi connectivity index (χ0n) is 11.4. The van der Waals surface area contributed by atoms with Crippen LogP contribution in [-0.4, -0.2) is 19.9 Å². The van der Waals surface area contributed by atoms with E-state index >= 15 is 0 Å². The van der Waals surface area contributed by atoms with Crippen LogP contribution in [-0.2, 0) is 5.54 Å². The first kappa shape index (κ1) is 11.6. The molecule has 4 aliphatic rings. The minimum atomic E-state index is 0.0249. The van der Waals surface area contributed by atoms with Crippen molar-refractivity contribution in [1.29, 1.82) is 0 Å². The number of benzene rings is 1. The van der Waals surface area contributed by atoms with Gasteiger partial charge in [0.2, 0.25) is 0 Å². The van der Waals surface area contributed by atoms with Gasteiger partial charge < -0.3 is 0 Å². The summed E-state index contributed by atoms with van der Waals surface area (Å²) >= 11 is 6.93. The second-order valence-electron chi connectivity index (χ2n) is 7.33. The second-order valence-corrected chi connectivity index (χ2v) is 8.13. The van der Waals surface area contributed by atoms with Crippen molar-refractivity contribution >= 4 is 22.6 Å². The predicted octanol–water partition coefficient (Wildman–Crippen LogP) is 3.72. The average molecular weight is 288 g/mol. The molecule has 20 heavy (non-hydrogen) atoms. The molecule has 4 heteroatoms. The first-order valence-corrected chi connectivity index (χ1v) is 8.04. The molecule has 4 bridgehead atoms. The lowest BCUT2D eigenvalue weighted by Gasteiger charge is -2.59. The highest BCUT2D eigenvalue weighted by atomic mass is 35.5. The van der Waals surface area contributed by atoms with Crippen LogP contribution in [0.3, 0.4) is 0 Å². The molecule has 0 aliphatic heterocycles. The Labute approximate surface area is 123 Å². The van der Waals surface area contributed by atoms with Crippen molar-refractivity contribution in [1.82, 2.24) is 15.0 Å². The number of hydrogen-bond donors (Lipinski definition) is 0. The molecule has 3 nitrogen and oxygen atoms in total. The van der Waals surface area contributed by atoms with Crippen LogP contribution in [0.25, 0.3) is 11.0 Å². The number of hydrogen-bond acceptors (Lipinski definition) is 2. The van der Waals surface area contributed by atoms with Crippen molar-refractivity contribution < 1.29 is 0 Å². The lowest BCUT2D eigenvalue weighted by Crippen LogP contribution is -2.57. The molecule has 1 aromatic heterocycles. The summed E-state index contributed by atoms with van der Waals surface area (Å²) in [6, 6.07) is 8.31. The van der Waals surface area contributed by atoms with Gasteiger partial charge >= 0.3 is 0 Å². The quantitative estimate of drug-likeness (QED) is 0.749. The Morgan fingerprint density at radius 3 is 2.60 bits per heavy atom. The summed E-state index contributed by atoms with van der Waals surface area (Å²) in [6.45, 7) is 0. The zero-order chi connectivity index (χ0) is 13.4. The number of alkyl halides is 1. The third-order valence-electron chi connectivity index (χ3n) is 5.76. The van der Waals surface area contributed by atoms with E-state index < -0.39 is 0 Å². The van der Waals surface area contributed by atoms with Gasteiger partial charge in [-0.15, -0.1) is 16.7 Å². The first-order chi connectivity index (χ1) is 9.66. The van der Waals surface area contributed by atoms with Crippen LogP contribution in [0.2, 0.25) is 0 Å². The van der Waals surface area contributed by atoms with Crippen LogP contribution in [0.5, 0.6) is 0 Å². The SMILES string of the molecule is ClC12C[C@@H]3C[C@@H](C1)CC(n1nnc4ccccc41)(C3)C2. The molecule has 4 fully saturated rings.